The van der Waals surface area contributed by atoms with Crippen LogP contribution in [0.5, 0.6) is 0 Å². The number of amides is 3. The average molecular weight is 405 g/mol. The number of hydrogen-bond donors (Lipinski definition) is 2. The summed E-state index contributed by atoms with van der Waals surface area (Å²) >= 11 is 0. The number of hydrogen-bond acceptors (Lipinski definition) is 3. The van der Waals surface area contributed by atoms with Crippen molar-refractivity contribution in [3.05, 3.63) is 65.2 Å². The van der Waals surface area contributed by atoms with Crippen LogP contribution in [0.15, 0.2) is 48.5 Å². The van der Waals surface area contributed by atoms with Gasteiger partial charge in [0.15, 0.2) is 0 Å². The van der Waals surface area contributed by atoms with Crippen molar-refractivity contribution in [3.8, 4) is 0 Å². The van der Waals surface area contributed by atoms with E-state index in [1.54, 1.807) is 29.2 Å². The summed E-state index contributed by atoms with van der Waals surface area (Å²) in [5.74, 6) is -0.0435. The van der Waals surface area contributed by atoms with Crippen molar-refractivity contribution in [3.63, 3.8) is 0 Å². The predicted octanol–water partition coefficient (Wildman–Crippen LogP) is 2.78. The molecule has 3 amide bonds. The first kappa shape index (κ1) is 20.1. The lowest BCUT2D eigenvalue weighted by molar-refractivity contribution is -0.120. The fraction of sp³-hybridized carbons (Fsp3) is 0.375. The number of benzene rings is 2. The average Bonchev–Trinajstić information content (AvgIpc) is 3.22. The number of nitrogens with zero attached hydrogens (tertiary/aromatic N) is 1. The summed E-state index contributed by atoms with van der Waals surface area (Å²) < 4.78 is 0. The van der Waals surface area contributed by atoms with Crippen LogP contribution in [0.1, 0.15) is 53.1 Å². The molecule has 2 aromatic rings. The number of anilines is 1. The first-order chi connectivity index (χ1) is 14.6. The Balaban J connectivity index is 1.25. The number of carbonyl (C=O) groups excluding carboxylic acids is 3. The SMILES string of the molecule is O=C(CNC(=O)c1ccc(N2CCCC2=O)cc1)NCC1CCCc2ccccc21. The van der Waals surface area contributed by atoms with Crippen LogP contribution in [0.2, 0.25) is 0 Å². The second kappa shape index (κ2) is 9.11. The van der Waals surface area contributed by atoms with Crippen molar-refractivity contribution in [2.45, 2.75) is 38.0 Å². The van der Waals surface area contributed by atoms with Crippen LogP contribution in [0.25, 0.3) is 0 Å². The second-order valence-corrected chi connectivity index (χ2v) is 7.97. The molecule has 0 saturated carbocycles. The Morgan fingerprint density at radius 3 is 2.53 bits per heavy atom. The maximum Gasteiger partial charge on any atom is 0.251 e. The Bertz CT molecular complexity index is 939. The van der Waals surface area contributed by atoms with E-state index in [1.165, 1.54) is 11.1 Å². The number of carbonyl (C=O) groups is 3. The number of nitrogens with one attached hydrogen (secondary N) is 2. The molecule has 0 spiro atoms. The third kappa shape index (κ3) is 4.53. The highest BCUT2D eigenvalue weighted by Crippen LogP contribution is 2.30. The van der Waals surface area contributed by atoms with Crippen molar-refractivity contribution < 1.29 is 14.4 Å². The van der Waals surface area contributed by atoms with Crippen molar-refractivity contribution in [2.75, 3.05) is 24.5 Å². The maximum absolute atomic E-state index is 12.3. The Morgan fingerprint density at radius 1 is 0.967 bits per heavy atom. The van der Waals surface area contributed by atoms with Gasteiger partial charge < -0.3 is 15.5 Å². The molecule has 1 aliphatic carbocycles. The third-order valence-corrected chi connectivity index (χ3v) is 5.96. The highest BCUT2D eigenvalue weighted by molar-refractivity contribution is 5.98. The Morgan fingerprint density at radius 2 is 1.77 bits per heavy atom. The molecular formula is C24H27N3O3. The first-order valence-electron chi connectivity index (χ1n) is 10.6. The molecule has 6 nitrogen and oxygen atoms in total. The minimum absolute atomic E-state index is 0.0560. The summed E-state index contributed by atoms with van der Waals surface area (Å²) in [5.41, 5.74) is 3.97. The minimum atomic E-state index is -0.299. The van der Waals surface area contributed by atoms with Gasteiger partial charge in [-0.3, -0.25) is 14.4 Å². The van der Waals surface area contributed by atoms with Crippen LogP contribution in [0.4, 0.5) is 5.69 Å². The minimum Gasteiger partial charge on any atom is -0.354 e. The fourth-order valence-corrected chi connectivity index (χ4v) is 4.34. The van der Waals surface area contributed by atoms with Gasteiger partial charge in [-0.15, -0.1) is 0 Å². The van der Waals surface area contributed by atoms with Crippen molar-refractivity contribution in [1.29, 1.82) is 0 Å². The van der Waals surface area contributed by atoms with Crippen LogP contribution in [-0.4, -0.2) is 37.4 Å². The highest BCUT2D eigenvalue weighted by Gasteiger charge is 2.22. The van der Waals surface area contributed by atoms with E-state index in [0.717, 1.165) is 37.9 Å². The molecule has 0 aromatic heterocycles. The fourth-order valence-electron chi connectivity index (χ4n) is 4.34. The lowest BCUT2D eigenvalue weighted by atomic mass is 9.83. The van der Waals surface area contributed by atoms with Crippen LogP contribution in [-0.2, 0) is 16.0 Å². The molecule has 2 N–H and O–H groups in total. The van der Waals surface area contributed by atoms with E-state index in [1.807, 2.05) is 6.07 Å². The molecular weight excluding hydrogens is 378 g/mol. The van der Waals surface area contributed by atoms with E-state index in [9.17, 15) is 14.4 Å². The Kier molecular flexibility index (Phi) is 6.12. The lowest BCUT2D eigenvalue weighted by Crippen LogP contribution is -2.39. The van der Waals surface area contributed by atoms with Crippen LogP contribution in [0, 0.1) is 0 Å². The molecule has 4 rings (SSSR count). The topological polar surface area (TPSA) is 78.5 Å². The molecule has 1 aliphatic heterocycles. The van der Waals surface area contributed by atoms with Gasteiger partial charge in [0, 0.05) is 36.7 Å². The quantitative estimate of drug-likeness (QED) is 0.776. The van der Waals surface area contributed by atoms with Gasteiger partial charge in [0.25, 0.3) is 5.91 Å². The van der Waals surface area contributed by atoms with Crippen molar-refractivity contribution >= 4 is 23.4 Å². The van der Waals surface area contributed by atoms with E-state index in [0.29, 0.717) is 24.4 Å². The Hall–Kier alpha value is -3.15. The van der Waals surface area contributed by atoms with Crippen LogP contribution < -0.4 is 15.5 Å². The van der Waals surface area contributed by atoms with Crippen molar-refractivity contribution in [2.24, 2.45) is 0 Å². The van der Waals surface area contributed by atoms with E-state index in [-0.39, 0.29) is 24.3 Å². The van der Waals surface area contributed by atoms with Gasteiger partial charge in [0.05, 0.1) is 6.54 Å². The van der Waals surface area contributed by atoms with E-state index >= 15 is 0 Å². The third-order valence-electron chi connectivity index (χ3n) is 5.96. The molecule has 6 heteroatoms. The summed E-state index contributed by atoms with van der Waals surface area (Å²) in [7, 11) is 0. The molecule has 2 aliphatic rings. The van der Waals surface area contributed by atoms with E-state index in [4.69, 9.17) is 0 Å². The number of aryl methyl sites for hydroxylation is 1. The summed E-state index contributed by atoms with van der Waals surface area (Å²) in [5, 5.41) is 5.63. The Labute approximate surface area is 176 Å². The standard InChI is InChI=1S/C24H27N3O3/c28-22(25-15-19-7-3-6-17-5-1-2-8-21(17)19)16-26-24(30)18-10-12-20(13-11-18)27-14-4-9-23(27)29/h1-2,5,8,10-13,19H,3-4,6-7,9,14-16H2,(H,25,28)(H,26,30). The summed E-state index contributed by atoms with van der Waals surface area (Å²) in [6.07, 6.45) is 4.73. The van der Waals surface area contributed by atoms with Gasteiger partial charge in [-0.2, -0.15) is 0 Å². The molecule has 156 valence electrons. The molecule has 0 bridgehead atoms. The van der Waals surface area contributed by atoms with Gasteiger partial charge in [-0.05, 0) is 61.1 Å². The zero-order chi connectivity index (χ0) is 20.9. The van der Waals surface area contributed by atoms with E-state index in [2.05, 4.69) is 28.8 Å². The molecule has 30 heavy (non-hydrogen) atoms. The summed E-state index contributed by atoms with van der Waals surface area (Å²) in [6.45, 7) is 1.25. The van der Waals surface area contributed by atoms with Crippen LogP contribution >= 0.6 is 0 Å². The zero-order valence-corrected chi connectivity index (χ0v) is 17.0. The monoisotopic (exact) mass is 405 g/mol. The molecule has 1 unspecified atom stereocenters. The van der Waals surface area contributed by atoms with E-state index < -0.39 is 0 Å². The predicted molar refractivity (Wildman–Crippen MR) is 115 cm³/mol. The zero-order valence-electron chi connectivity index (χ0n) is 17.0. The second-order valence-electron chi connectivity index (χ2n) is 7.97. The van der Waals surface area contributed by atoms with Crippen molar-refractivity contribution in [1.82, 2.24) is 10.6 Å². The molecule has 2 aromatic carbocycles. The molecule has 1 heterocycles. The molecule has 1 saturated heterocycles. The summed E-state index contributed by atoms with van der Waals surface area (Å²) in [4.78, 5) is 38.1. The molecule has 0 radical (unpaired) electrons. The highest BCUT2D eigenvalue weighted by atomic mass is 16.2. The van der Waals surface area contributed by atoms with Gasteiger partial charge in [0.1, 0.15) is 0 Å². The van der Waals surface area contributed by atoms with Gasteiger partial charge in [-0.25, -0.2) is 0 Å². The smallest absolute Gasteiger partial charge is 0.251 e. The number of rotatable bonds is 6. The normalized spacial score (nSPS) is 18.1. The van der Waals surface area contributed by atoms with Gasteiger partial charge in [-0.1, -0.05) is 24.3 Å². The maximum atomic E-state index is 12.3. The summed E-state index contributed by atoms with van der Waals surface area (Å²) in [6, 6.07) is 15.3. The molecule has 1 fully saturated rings. The van der Waals surface area contributed by atoms with Crippen LogP contribution in [0.3, 0.4) is 0 Å². The largest absolute Gasteiger partial charge is 0.354 e. The molecule has 1 atom stereocenters. The lowest BCUT2D eigenvalue weighted by Gasteiger charge is -2.25. The van der Waals surface area contributed by atoms with Gasteiger partial charge >= 0.3 is 0 Å². The number of fused-ring (bicyclic) bond motifs is 1. The van der Waals surface area contributed by atoms with Gasteiger partial charge in [0.2, 0.25) is 11.8 Å². The first-order valence-corrected chi connectivity index (χ1v) is 10.6.